The number of likely N-dealkylation sites (N-methyl/N-ethyl adjacent to an activating group) is 2. The number of nitrogens with zero attached hydrogens (tertiary/aromatic N) is 2. The Hall–Kier alpha value is -2.10. The Kier molecular flexibility index (Phi) is 5.26. The highest BCUT2D eigenvalue weighted by Gasteiger charge is 2.23. The molecule has 1 fully saturated rings. The molecule has 136 valence electrons. The summed E-state index contributed by atoms with van der Waals surface area (Å²) >= 11 is 0. The van der Waals surface area contributed by atoms with Crippen LogP contribution >= 0.6 is 0 Å². The number of anilines is 1. The fraction of sp³-hybridized carbons (Fsp3) is 0.524. The summed E-state index contributed by atoms with van der Waals surface area (Å²) in [7, 11) is 5.96. The molecular weight excluding hydrogens is 312 g/mol. The normalized spacial score (nSPS) is 17.5. The van der Waals surface area contributed by atoms with E-state index in [2.05, 4.69) is 56.1 Å². The van der Waals surface area contributed by atoms with E-state index in [4.69, 9.17) is 9.47 Å². The van der Waals surface area contributed by atoms with Gasteiger partial charge in [-0.05, 0) is 61.5 Å². The highest BCUT2D eigenvalue weighted by Crippen LogP contribution is 2.35. The number of rotatable bonds is 7. The van der Waals surface area contributed by atoms with E-state index in [9.17, 15) is 0 Å². The molecule has 2 aliphatic rings. The van der Waals surface area contributed by atoms with E-state index in [1.54, 1.807) is 7.11 Å². The molecule has 0 saturated heterocycles. The van der Waals surface area contributed by atoms with Crippen molar-refractivity contribution < 1.29 is 9.47 Å². The van der Waals surface area contributed by atoms with Gasteiger partial charge in [-0.3, -0.25) is 0 Å². The van der Waals surface area contributed by atoms with Crippen LogP contribution in [0.1, 0.15) is 26.7 Å². The molecule has 1 heterocycles. The van der Waals surface area contributed by atoms with Crippen LogP contribution in [0.15, 0.2) is 41.1 Å². The predicted octanol–water partition coefficient (Wildman–Crippen LogP) is 4.09. The third kappa shape index (κ3) is 4.30. The minimum absolute atomic E-state index is 0.728. The smallest absolute Gasteiger partial charge is 0.163 e. The highest BCUT2D eigenvalue weighted by atomic mass is 16.5. The molecule has 0 unspecified atom stereocenters. The van der Waals surface area contributed by atoms with Gasteiger partial charge in [0.1, 0.15) is 0 Å². The Labute approximate surface area is 151 Å². The summed E-state index contributed by atoms with van der Waals surface area (Å²) in [5, 5.41) is 0. The summed E-state index contributed by atoms with van der Waals surface area (Å²) in [6.07, 6.45) is 4.80. The van der Waals surface area contributed by atoms with Gasteiger partial charge in [0.25, 0.3) is 0 Å². The summed E-state index contributed by atoms with van der Waals surface area (Å²) in [4.78, 5) is 4.52. The molecule has 0 bridgehead atoms. The van der Waals surface area contributed by atoms with Crippen molar-refractivity contribution in [3.8, 4) is 11.5 Å². The number of hydrogen-bond donors (Lipinski definition) is 0. The van der Waals surface area contributed by atoms with Gasteiger partial charge >= 0.3 is 0 Å². The minimum atomic E-state index is 0.728. The van der Waals surface area contributed by atoms with Crippen LogP contribution in [-0.2, 0) is 0 Å². The molecule has 1 aliphatic carbocycles. The van der Waals surface area contributed by atoms with Gasteiger partial charge in [-0.2, -0.15) is 0 Å². The summed E-state index contributed by atoms with van der Waals surface area (Å²) in [6, 6.07) is 6.21. The summed E-state index contributed by atoms with van der Waals surface area (Å²) in [6.45, 7) is 7.12. The van der Waals surface area contributed by atoms with E-state index in [0.717, 1.165) is 42.8 Å². The first-order valence-corrected chi connectivity index (χ1v) is 9.07. The third-order valence-corrected chi connectivity index (χ3v) is 5.05. The lowest BCUT2D eigenvalue weighted by Crippen LogP contribution is -2.27. The molecule has 0 amide bonds. The van der Waals surface area contributed by atoms with Gasteiger partial charge in [0.05, 0.1) is 13.7 Å². The number of methoxy groups -OCH3 is 1. The van der Waals surface area contributed by atoms with Crippen LogP contribution in [0.25, 0.3) is 0 Å². The quantitative estimate of drug-likeness (QED) is 0.745. The zero-order valence-electron chi connectivity index (χ0n) is 16.1. The summed E-state index contributed by atoms with van der Waals surface area (Å²) in [5.41, 5.74) is 5.36. The fourth-order valence-corrected chi connectivity index (χ4v) is 3.36. The van der Waals surface area contributed by atoms with Crippen LogP contribution < -0.4 is 14.4 Å². The first kappa shape index (κ1) is 17.7. The molecular formula is C21H30N2O2. The second-order valence-corrected chi connectivity index (χ2v) is 7.43. The number of hydrogen-bond acceptors (Lipinski definition) is 4. The van der Waals surface area contributed by atoms with Crippen molar-refractivity contribution in [2.75, 3.05) is 45.8 Å². The van der Waals surface area contributed by atoms with Gasteiger partial charge in [0.15, 0.2) is 11.5 Å². The standard InChI is InChI=1S/C21H30N2O2/c1-15-11-22(3)12-16(2)19(15)13-23(4)18-8-9-20(24-5)21(10-18)25-14-17-6-7-17/h8-11,17H,6-7,12-14H2,1-5H3. The van der Waals surface area contributed by atoms with Gasteiger partial charge in [0, 0.05) is 45.1 Å². The lowest BCUT2D eigenvalue weighted by Gasteiger charge is -2.29. The van der Waals surface area contributed by atoms with Crippen molar-refractivity contribution in [3.63, 3.8) is 0 Å². The van der Waals surface area contributed by atoms with E-state index in [-0.39, 0.29) is 0 Å². The van der Waals surface area contributed by atoms with E-state index >= 15 is 0 Å². The predicted molar refractivity (Wildman–Crippen MR) is 104 cm³/mol. The van der Waals surface area contributed by atoms with Gasteiger partial charge in [-0.25, -0.2) is 0 Å². The first-order chi connectivity index (χ1) is 12.0. The van der Waals surface area contributed by atoms with Crippen molar-refractivity contribution >= 4 is 5.69 Å². The summed E-state index contributed by atoms with van der Waals surface area (Å²) in [5.74, 6) is 2.38. The molecule has 3 rings (SSSR count). The molecule has 0 atom stereocenters. The van der Waals surface area contributed by atoms with Crippen LogP contribution in [-0.4, -0.2) is 45.8 Å². The molecule has 1 saturated carbocycles. The molecule has 0 N–H and O–H groups in total. The zero-order valence-corrected chi connectivity index (χ0v) is 16.1. The average molecular weight is 342 g/mol. The average Bonchev–Trinajstić information content (AvgIpc) is 3.40. The first-order valence-electron chi connectivity index (χ1n) is 9.07. The largest absolute Gasteiger partial charge is 0.493 e. The van der Waals surface area contributed by atoms with E-state index in [0.29, 0.717) is 0 Å². The molecule has 25 heavy (non-hydrogen) atoms. The second kappa shape index (κ2) is 7.42. The number of ether oxygens (including phenoxy) is 2. The Bertz CT molecular complexity index is 689. The van der Waals surface area contributed by atoms with E-state index < -0.39 is 0 Å². The lowest BCUT2D eigenvalue weighted by atomic mass is 9.98. The molecule has 0 radical (unpaired) electrons. The van der Waals surface area contributed by atoms with Crippen LogP contribution in [0.5, 0.6) is 11.5 Å². The topological polar surface area (TPSA) is 24.9 Å². The maximum atomic E-state index is 6.01. The Morgan fingerprint density at radius 2 is 1.96 bits per heavy atom. The maximum absolute atomic E-state index is 6.01. The summed E-state index contributed by atoms with van der Waals surface area (Å²) < 4.78 is 11.5. The fourth-order valence-electron chi connectivity index (χ4n) is 3.36. The molecule has 4 nitrogen and oxygen atoms in total. The maximum Gasteiger partial charge on any atom is 0.163 e. The van der Waals surface area contributed by atoms with E-state index in [1.807, 2.05) is 6.07 Å². The van der Waals surface area contributed by atoms with Crippen molar-refractivity contribution in [3.05, 3.63) is 41.1 Å². The van der Waals surface area contributed by atoms with E-state index in [1.165, 1.54) is 29.6 Å². The van der Waals surface area contributed by atoms with Gasteiger partial charge in [-0.15, -0.1) is 0 Å². The third-order valence-electron chi connectivity index (χ3n) is 5.05. The Morgan fingerprint density at radius 1 is 1.20 bits per heavy atom. The zero-order chi connectivity index (χ0) is 18.0. The van der Waals surface area contributed by atoms with Crippen LogP contribution in [0, 0.1) is 5.92 Å². The van der Waals surface area contributed by atoms with Crippen LogP contribution in [0.4, 0.5) is 5.69 Å². The molecule has 1 aromatic rings. The molecule has 4 heteroatoms. The van der Waals surface area contributed by atoms with Crippen molar-refractivity contribution in [2.45, 2.75) is 26.7 Å². The van der Waals surface area contributed by atoms with Crippen molar-refractivity contribution in [1.29, 1.82) is 0 Å². The molecule has 0 aromatic heterocycles. The Balaban J connectivity index is 1.75. The van der Waals surface area contributed by atoms with Crippen molar-refractivity contribution in [1.82, 2.24) is 4.90 Å². The lowest BCUT2D eigenvalue weighted by molar-refractivity contribution is 0.280. The van der Waals surface area contributed by atoms with Gasteiger partial charge in [-0.1, -0.05) is 0 Å². The SMILES string of the molecule is COc1ccc(N(C)CC2=C(C)CN(C)C=C2C)cc1OCC1CC1. The van der Waals surface area contributed by atoms with Crippen LogP contribution in [0.2, 0.25) is 0 Å². The van der Waals surface area contributed by atoms with Crippen LogP contribution in [0.3, 0.4) is 0 Å². The van der Waals surface area contributed by atoms with Gasteiger partial charge in [0.2, 0.25) is 0 Å². The minimum Gasteiger partial charge on any atom is -0.493 e. The van der Waals surface area contributed by atoms with Gasteiger partial charge < -0.3 is 19.3 Å². The Morgan fingerprint density at radius 3 is 2.60 bits per heavy atom. The molecule has 0 spiro atoms. The monoisotopic (exact) mass is 342 g/mol. The van der Waals surface area contributed by atoms with Crippen molar-refractivity contribution in [2.24, 2.45) is 5.92 Å². The highest BCUT2D eigenvalue weighted by molar-refractivity contribution is 5.57. The number of benzene rings is 1. The second-order valence-electron chi connectivity index (χ2n) is 7.43. The molecule has 1 aliphatic heterocycles. The molecule has 1 aromatic carbocycles.